The predicted octanol–water partition coefficient (Wildman–Crippen LogP) is 2.38. The quantitative estimate of drug-likeness (QED) is 0.816. The van der Waals surface area contributed by atoms with Crippen LogP contribution in [0.15, 0.2) is 22.8 Å². The molecular formula is C13H17BrN4. The van der Waals surface area contributed by atoms with Crippen LogP contribution in [0.1, 0.15) is 19.2 Å². The summed E-state index contributed by atoms with van der Waals surface area (Å²) >= 11 is 3.50. The van der Waals surface area contributed by atoms with E-state index < -0.39 is 0 Å². The van der Waals surface area contributed by atoms with Gasteiger partial charge < -0.3 is 4.90 Å². The number of likely N-dealkylation sites (tertiary alicyclic amines) is 1. The Morgan fingerprint density at radius 2 is 2.33 bits per heavy atom. The maximum atomic E-state index is 4.59. The van der Waals surface area contributed by atoms with Crippen molar-refractivity contribution in [3.63, 3.8) is 0 Å². The van der Waals surface area contributed by atoms with E-state index in [0.29, 0.717) is 5.92 Å². The number of rotatable bonds is 3. The average Bonchev–Trinajstić information content (AvgIpc) is 2.96. The van der Waals surface area contributed by atoms with Gasteiger partial charge in [-0.2, -0.15) is 5.10 Å². The van der Waals surface area contributed by atoms with Gasteiger partial charge in [0.15, 0.2) is 11.5 Å². The third kappa shape index (κ3) is 2.29. The zero-order chi connectivity index (χ0) is 12.5. The fourth-order valence-electron chi connectivity index (χ4n) is 2.63. The van der Waals surface area contributed by atoms with Crippen molar-refractivity contribution in [1.29, 1.82) is 0 Å². The Balaban J connectivity index is 1.77. The van der Waals surface area contributed by atoms with E-state index in [-0.39, 0.29) is 0 Å². The molecule has 0 bridgehead atoms. The van der Waals surface area contributed by atoms with Gasteiger partial charge in [-0.05, 0) is 53.5 Å². The second kappa shape index (κ2) is 4.97. The van der Waals surface area contributed by atoms with Crippen molar-refractivity contribution in [3.05, 3.63) is 28.6 Å². The van der Waals surface area contributed by atoms with Crippen LogP contribution >= 0.6 is 15.9 Å². The zero-order valence-corrected chi connectivity index (χ0v) is 12.1. The molecule has 1 saturated heterocycles. The largest absolute Gasteiger partial charge is 0.303 e. The van der Waals surface area contributed by atoms with Gasteiger partial charge in [0.2, 0.25) is 0 Å². The zero-order valence-electron chi connectivity index (χ0n) is 10.5. The number of nitrogens with zero attached hydrogens (tertiary/aromatic N) is 4. The fraction of sp³-hybridized carbons (Fsp3) is 0.538. The first-order valence-electron chi connectivity index (χ1n) is 6.49. The average molecular weight is 309 g/mol. The molecule has 4 nitrogen and oxygen atoms in total. The van der Waals surface area contributed by atoms with Gasteiger partial charge in [0.25, 0.3) is 0 Å². The number of hydrogen-bond donors (Lipinski definition) is 0. The first-order chi connectivity index (χ1) is 8.76. The van der Waals surface area contributed by atoms with Gasteiger partial charge >= 0.3 is 0 Å². The lowest BCUT2D eigenvalue weighted by Crippen LogP contribution is -2.20. The van der Waals surface area contributed by atoms with Crippen LogP contribution in [0.4, 0.5) is 0 Å². The van der Waals surface area contributed by atoms with Crippen LogP contribution in [-0.2, 0) is 6.42 Å². The van der Waals surface area contributed by atoms with Gasteiger partial charge in [0.05, 0.1) is 0 Å². The van der Waals surface area contributed by atoms with Crippen LogP contribution < -0.4 is 0 Å². The lowest BCUT2D eigenvalue weighted by molar-refractivity contribution is 0.341. The number of fused-ring (bicyclic) bond motifs is 1. The molecule has 18 heavy (non-hydrogen) atoms. The minimum Gasteiger partial charge on any atom is -0.303 e. The molecule has 3 heterocycles. The summed E-state index contributed by atoms with van der Waals surface area (Å²) in [7, 11) is 0. The molecule has 0 spiro atoms. The van der Waals surface area contributed by atoms with Crippen LogP contribution in [0.2, 0.25) is 0 Å². The summed E-state index contributed by atoms with van der Waals surface area (Å²) in [6.07, 6.45) is 2.26. The van der Waals surface area contributed by atoms with Crippen molar-refractivity contribution >= 4 is 21.6 Å². The third-order valence-corrected chi connectivity index (χ3v) is 4.25. The van der Waals surface area contributed by atoms with Crippen molar-refractivity contribution in [2.75, 3.05) is 19.6 Å². The summed E-state index contributed by atoms with van der Waals surface area (Å²) in [6, 6.07) is 5.97. The molecule has 1 aliphatic heterocycles. The monoisotopic (exact) mass is 308 g/mol. The minimum atomic E-state index is 0.709. The molecule has 2 aromatic rings. The van der Waals surface area contributed by atoms with Crippen LogP contribution in [0.5, 0.6) is 0 Å². The minimum absolute atomic E-state index is 0.709. The molecule has 0 aliphatic carbocycles. The normalized spacial score (nSPS) is 20.9. The van der Waals surface area contributed by atoms with Gasteiger partial charge in [-0.1, -0.05) is 13.0 Å². The molecule has 0 radical (unpaired) electrons. The standard InChI is InChI=1S/C13H17BrN4/c1-2-17-7-6-10(9-17)8-12-15-13-5-3-4-11(14)18(13)16-12/h3-5,10H,2,6-9H2,1H3. The molecule has 3 rings (SSSR count). The fourth-order valence-corrected chi connectivity index (χ4v) is 3.04. The molecule has 2 aromatic heterocycles. The summed E-state index contributed by atoms with van der Waals surface area (Å²) in [4.78, 5) is 7.09. The maximum Gasteiger partial charge on any atom is 0.156 e. The van der Waals surface area contributed by atoms with E-state index in [4.69, 9.17) is 0 Å². The second-order valence-corrected chi connectivity index (χ2v) is 5.71. The molecule has 5 heteroatoms. The molecule has 0 saturated carbocycles. The topological polar surface area (TPSA) is 33.4 Å². The first-order valence-corrected chi connectivity index (χ1v) is 7.28. The summed E-state index contributed by atoms with van der Waals surface area (Å²) in [5.41, 5.74) is 0.921. The highest BCUT2D eigenvalue weighted by Gasteiger charge is 2.22. The van der Waals surface area contributed by atoms with Crippen LogP contribution in [0.25, 0.3) is 5.65 Å². The predicted molar refractivity (Wildman–Crippen MR) is 74.6 cm³/mol. The van der Waals surface area contributed by atoms with Gasteiger partial charge in [-0.15, -0.1) is 0 Å². The number of pyridine rings is 1. The van der Waals surface area contributed by atoms with E-state index in [0.717, 1.165) is 29.0 Å². The van der Waals surface area contributed by atoms with Gasteiger partial charge in [0, 0.05) is 13.0 Å². The molecule has 1 fully saturated rings. The van der Waals surface area contributed by atoms with Crippen molar-refractivity contribution in [2.45, 2.75) is 19.8 Å². The summed E-state index contributed by atoms with van der Waals surface area (Å²) in [5.74, 6) is 1.67. The number of aromatic nitrogens is 3. The Morgan fingerprint density at radius 3 is 3.06 bits per heavy atom. The highest BCUT2D eigenvalue weighted by molar-refractivity contribution is 9.10. The lowest BCUT2D eigenvalue weighted by atomic mass is 10.1. The van der Waals surface area contributed by atoms with Crippen molar-refractivity contribution in [3.8, 4) is 0 Å². The van der Waals surface area contributed by atoms with E-state index in [1.807, 2.05) is 22.7 Å². The van der Waals surface area contributed by atoms with Crippen molar-refractivity contribution < 1.29 is 0 Å². The van der Waals surface area contributed by atoms with E-state index in [9.17, 15) is 0 Å². The number of halogens is 1. The van der Waals surface area contributed by atoms with Crippen LogP contribution in [0.3, 0.4) is 0 Å². The lowest BCUT2D eigenvalue weighted by Gasteiger charge is -2.11. The Labute approximate surface area is 115 Å². The SMILES string of the molecule is CCN1CCC(Cc2nc3cccc(Br)n3n2)C1. The molecule has 0 aromatic carbocycles. The smallest absolute Gasteiger partial charge is 0.156 e. The summed E-state index contributed by atoms with van der Waals surface area (Å²) in [5, 5.41) is 4.57. The first kappa shape index (κ1) is 12.1. The summed E-state index contributed by atoms with van der Waals surface area (Å²) < 4.78 is 2.82. The molecule has 0 N–H and O–H groups in total. The van der Waals surface area contributed by atoms with Crippen LogP contribution in [0, 0.1) is 5.92 Å². The van der Waals surface area contributed by atoms with Gasteiger partial charge in [0.1, 0.15) is 4.60 Å². The second-order valence-electron chi connectivity index (χ2n) is 4.90. The Bertz CT molecular complexity index is 551. The van der Waals surface area contributed by atoms with Gasteiger partial charge in [-0.3, -0.25) is 0 Å². The van der Waals surface area contributed by atoms with Crippen molar-refractivity contribution in [2.24, 2.45) is 5.92 Å². The van der Waals surface area contributed by atoms with Crippen molar-refractivity contribution in [1.82, 2.24) is 19.5 Å². The molecule has 0 amide bonds. The highest BCUT2D eigenvalue weighted by Crippen LogP contribution is 2.20. The maximum absolute atomic E-state index is 4.59. The third-order valence-electron chi connectivity index (χ3n) is 3.65. The molecule has 1 atom stereocenters. The highest BCUT2D eigenvalue weighted by atomic mass is 79.9. The van der Waals surface area contributed by atoms with E-state index in [2.05, 4.69) is 37.8 Å². The molecule has 96 valence electrons. The molecule has 1 aliphatic rings. The van der Waals surface area contributed by atoms with E-state index >= 15 is 0 Å². The van der Waals surface area contributed by atoms with E-state index in [1.54, 1.807) is 0 Å². The van der Waals surface area contributed by atoms with E-state index in [1.165, 1.54) is 19.5 Å². The van der Waals surface area contributed by atoms with Gasteiger partial charge in [-0.25, -0.2) is 9.50 Å². The summed E-state index contributed by atoms with van der Waals surface area (Å²) in [6.45, 7) is 5.79. The molecule has 1 unspecified atom stereocenters. The Hall–Kier alpha value is -0.940. The Morgan fingerprint density at radius 1 is 1.44 bits per heavy atom. The molecular weight excluding hydrogens is 292 g/mol. The van der Waals surface area contributed by atoms with Crippen LogP contribution in [-0.4, -0.2) is 39.1 Å². The Kier molecular flexibility index (Phi) is 3.35. The number of hydrogen-bond acceptors (Lipinski definition) is 3.